The first-order chi connectivity index (χ1) is 12.9. The highest BCUT2D eigenvalue weighted by Crippen LogP contribution is 2.36. The molecule has 0 bridgehead atoms. The first-order valence-corrected chi connectivity index (χ1v) is 9.67. The van der Waals surface area contributed by atoms with E-state index in [1.807, 2.05) is 0 Å². The Hall–Kier alpha value is -2.05. The van der Waals surface area contributed by atoms with Gasteiger partial charge in [0.1, 0.15) is 0 Å². The Bertz CT molecular complexity index is 821. The van der Waals surface area contributed by atoms with Gasteiger partial charge >= 0.3 is 6.18 Å². The molecule has 2 heterocycles. The van der Waals surface area contributed by atoms with Gasteiger partial charge in [-0.05, 0) is 45.0 Å². The van der Waals surface area contributed by atoms with Crippen molar-refractivity contribution in [1.82, 2.24) is 19.7 Å². The largest absolute Gasteiger partial charge is 0.418 e. The fourth-order valence-corrected chi connectivity index (χ4v) is 3.90. The summed E-state index contributed by atoms with van der Waals surface area (Å²) < 4.78 is 42.2. The van der Waals surface area contributed by atoms with Gasteiger partial charge in [-0.3, -0.25) is 9.47 Å². The van der Waals surface area contributed by atoms with Crippen LogP contribution in [0.1, 0.15) is 37.6 Å². The molecule has 27 heavy (non-hydrogen) atoms. The van der Waals surface area contributed by atoms with Gasteiger partial charge in [0.15, 0.2) is 11.0 Å². The van der Waals surface area contributed by atoms with Crippen LogP contribution >= 0.6 is 11.8 Å². The highest BCUT2D eigenvalue weighted by molar-refractivity contribution is 8.00. The Morgan fingerprint density at radius 1 is 1.19 bits per heavy atom. The number of alkyl halides is 3. The van der Waals surface area contributed by atoms with Crippen LogP contribution in [-0.2, 0) is 12.7 Å². The van der Waals surface area contributed by atoms with Crippen molar-refractivity contribution < 1.29 is 13.2 Å². The first kappa shape index (κ1) is 19.7. The average Bonchev–Trinajstić information content (AvgIpc) is 3.03. The lowest BCUT2D eigenvalue weighted by Crippen LogP contribution is -2.30. The lowest BCUT2D eigenvalue weighted by atomic mass is 10.1. The molecular formula is C18H20F3N5S. The molecule has 0 aliphatic carbocycles. The fraction of sp³-hybridized carbons (Fsp3) is 0.500. The number of nitriles is 1. The van der Waals surface area contributed by atoms with Crippen LogP contribution in [0.15, 0.2) is 29.4 Å². The second-order valence-electron chi connectivity index (χ2n) is 6.48. The minimum Gasteiger partial charge on any atom is -0.296 e. The molecule has 1 aromatic carbocycles. The van der Waals surface area contributed by atoms with Gasteiger partial charge in [0.25, 0.3) is 0 Å². The summed E-state index contributed by atoms with van der Waals surface area (Å²) in [5.74, 6) is 0.459. The van der Waals surface area contributed by atoms with Crippen molar-refractivity contribution in [2.24, 2.45) is 0 Å². The smallest absolute Gasteiger partial charge is 0.296 e. The topological polar surface area (TPSA) is 57.7 Å². The number of para-hydroxylation sites is 1. The third-order valence-corrected chi connectivity index (χ3v) is 5.36. The Kier molecular flexibility index (Phi) is 6.07. The van der Waals surface area contributed by atoms with Crippen LogP contribution in [0.4, 0.5) is 13.2 Å². The Balaban J connectivity index is 2.05. The van der Waals surface area contributed by atoms with Crippen molar-refractivity contribution in [3.05, 3.63) is 35.7 Å². The third kappa shape index (κ3) is 4.62. The molecule has 1 fully saturated rings. The number of likely N-dealkylation sites (tertiary alicyclic amines) is 1. The molecule has 0 saturated carbocycles. The lowest BCUT2D eigenvalue weighted by Gasteiger charge is -2.26. The van der Waals surface area contributed by atoms with E-state index in [1.54, 1.807) is 13.0 Å². The molecule has 144 valence electrons. The van der Waals surface area contributed by atoms with Crippen LogP contribution in [0, 0.1) is 11.3 Å². The summed E-state index contributed by atoms with van der Waals surface area (Å²) in [6.07, 6.45) is -1.19. The van der Waals surface area contributed by atoms with E-state index >= 15 is 0 Å². The molecule has 0 amide bonds. The summed E-state index contributed by atoms with van der Waals surface area (Å²) in [4.78, 5) is 2.18. The Labute approximate surface area is 160 Å². The van der Waals surface area contributed by atoms with Crippen molar-refractivity contribution in [3.8, 4) is 11.8 Å². The summed E-state index contributed by atoms with van der Waals surface area (Å²) in [7, 11) is 0. The molecule has 5 nitrogen and oxygen atoms in total. The zero-order chi connectivity index (χ0) is 19.4. The molecule has 2 aromatic rings. The molecule has 1 unspecified atom stereocenters. The molecule has 1 aliphatic rings. The predicted molar refractivity (Wildman–Crippen MR) is 96.4 cm³/mol. The Morgan fingerprint density at radius 3 is 2.56 bits per heavy atom. The number of rotatable bonds is 5. The first-order valence-electron chi connectivity index (χ1n) is 8.79. The zero-order valence-electron chi connectivity index (χ0n) is 14.9. The minimum atomic E-state index is -4.49. The monoisotopic (exact) mass is 395 g/mol. The normalized spacial score (nSPS) is 16.9. The Morgan fingerprint density at radius 2 is 1.89 bits per heavy atom. The molecule has 3 rings (SSSR count). The van der Waals surface area contributed by atoms with Crippen molar-refractivity contribution in [2.45, 2.75) is 49.3 Å². The van der Waals surface area contributed by atoms with E-state index < -0.39 is 17.0 Å². The molecule has 9 heteroatoms. The van der Waals surface area contributed by atoms with Crippen LogP contribution in [0.2, 0.25) is 0 Å². The van der Waals surface area contributed by atoms with Crippen molar-refractivity contribution in [1.29, 1.82) is 5.26 Å². The van der Waals surface area contributed by atoms with Gasteiger partial charge in [-0.15, -0.1) is 10.2 Å². The molecule has 1 aliphatic heterocycles. The second-order valence-corrected chi connectivity index (χ2v) is 7.78. The third-order valence-electron chi connectivity index (χ3n) is 4.43. The molecule has 1 aromatic heterocycles. The van der Waals surface area contributed by atoms with Crippen molar-refractivity contribution in [3.63, 3.8) is 0 Å². The number of hydrogen-bond acceptors (Lipinski definition) is 5. The maximum Gasteiger partial charge on any atom is 0.418 e. The van der Waals surface area contributed by atoms with Gasteiger partial charge in [0.05, 0.1) is 29.1 Å². The number of thioether (sulfide) groups is 1. The predicted octanol–water partition coefficient (Wildman–Crippen LogP) is 4.28. The van der Waals surface area contributed by atoms with Crippen LogP contribution in [-0.4, -0.2) is 38.0 Å². The van der Waals surface area contributed by atoms with E-state index in [4.69, 9.17) is 5.26 Å². The lowest BCUT2D eigenvalue weighted by molar-refractivity contribution is -0.137. The molecular weight excluding hydrogens is 375 g/mol. The van der Waals surface area contributed by atoms with E-state index in [-0.39, 0.29) is 5.69 Å². The number of benzene rings is 1. The van der Waals surface area contributed by atoms with E-state index in [0.29, 0.717) is 17.5 Å². The second kappa shape index (κ2) is 8.31. The van der Waals surface area contributed by atoms with Gasteiger partial charge in [0, 0.05) is 0 Å². The fourth-order valence-electron chi connectivity index (χ4n) is 3.13. The van der Waals surface area contributed by atoms with E-state index in [1.165, 1.54) is 23.1 Å². The van der Waals surface area contributed by atoms with Gasteiger partial charge in [0.2, 0.25) is 0 Å². The number of halogens is 3. The summed E-state index contributed by atoms with van der Waals surface area (Å²) in [5, 5.41) is 17.2. The quantitative estimate of drug-likeness (QED) is 0.708. The number of nitrogens with zero attached hydrogens (tertiary/aromatic N) is 5. The SMILES string of the molecule is CC(C#N)Sc1nnc(CN2CCCCC2)n1-c1ccccc1C(F)(F)F. The average molecular weight is 395 g/mol. The molecule has 0 spiro atoms. The maximum atomic E-state index is 13.6. The molecule has 0 N–H and O–H groups in total. The maximum absolute atomic E-state index is 13.6. The molecule has 1 saturated heterocycles. The van der Waals surface area contributed by atoms with Crippen molar-refractivity contribution >= 4 is 11.8 Å². The van der Waals surface area contributed by atoms with Crippen LogP contribution in [0.5, 0.6) is 0 Å². The van der Waals surface area contributed by atoms with Gasteiger partial charge in [-0.2, -0.15) is 18.4 Å². The molecule has 0 radical (unpaired) electrons. The summed E-state index contributed by atoms with van der Waals surface area (Å²) in [6, 6.07) is 7.49. The summed E-state index contributed by atoms with van der Waals surface area (Å²) in [6.45, 7) is 3.90. The standard InChI is InChI=1S/C18H20F3N5S/c1-13(11-22)27-17-24-23-16(12-25-9-5-2-6-10-25)26(17)15-8-4-3-7-14(15)18(19,20)21/h3-4,7-8,13H,2,5-6,9-10,12H2,1H3. The number of aromatic nitrogens is 3. The van der Waals surface area contributed by atoms with Gasteiger partial charge in [-0.1, -0.05) is 30.3 Å². The zero-order valence-corrected chi connectivity index (χ0v) is 15.7. The van der Waals surface area contributed by atoms with E-state index in [9.17, 15) is 13.2 Å². The highest BCUT2D eigenvalue weighted by atomic mass is 32.2. The molecule has 1 atom stereocenters. The van der Waals surface area contributed by atoms with E-state index in [2.05, 4.69) is 21.2 Å². The highest BCUT2D eigenvalue weighted by Gasteiger charge is 2.35. The summed E-state index contributed by atoms with van der Waals surface area (Å²) >= 11 is 1.11. The van der Waals surface area contributed by atoms with Crippen molar-refractivity contribution in [2.75, 3.05) is 13.1 Å². The van der Waals surface area contributed by atoms with Crippen LogP contribution in [0.25, 0.3) is 5.69 Å². The van der Waals surface area contributed by atoms with Crippen LogP contribution in [0.3, 0.4) is 0 Å². The number of piperidine rings is 1. The van der Waals surface area contributed by atoms with Gasteiger partial charge in [-0.25, -0.2) is 0 Å². The van der Waals surface area contributed by atoms with E-state index in [0.717, 1.165) is 43.8 Å². The summed E-state index contributed by atoms with van der Waals surface area (Å²) in [5.41, 5.74) is -0.745. The van der Waals surface area contributed by atoms with Gasteiger partial charge < -0.3 is 0 Å². The number of hydrogen-bond donors (Lipinski definition) is 0. The minimum absolute atomic E-state index is 0.00495. The van der Waals surface area contributed by atoms with Crippen LogP contribution < -0.4 is 0 Å².